The lowest BCUT2D eigenvalue weighted by atomic mass is 10.1. The number of amides is 1. The molecule has 26 heavy (non-hydrogen) atoms. The Morgan fingerprint density at radius 1 is 1.08 bits per heavy atom. The average Bonchev–Trinajstić information content (AvgIpc) is 2.58. The molecule has 0 aliphatic heterocycles. The number of carbonyl (C=O) groups excluding carboxylic acids is 3. The molecule has 0 spiro atoms. The van der Waals surface area contributed by atoms with E-state index in [2.05, 4.69) is 5.32 Å². The molecule has 0 heterocycles. The Hall–Kier alpha value is -2.41. The maximum absolute atomic E-state index is 12.5. The molecule has 0 unspecified atom stereocenters. The van der Waals surface area contributed by atoms with Gasteiger partial charge in [-0.15, -0.1) is 0 Å². The number of benzene rings is 1. The summed E-state index contributed by atoms with van der Waals surface area (Å²) in [7, 11) is 2.63. The third kappa shape index (κ3) is 7.23. The van der Waals surface area contributed by atoms with E-state index in [1.165, 1.54) is 14.2 Å². The zero-order valence-corrected chi connectivity index (χ0v) is 15.9. The van der Waals surface area contributed by atoms with Gasteiger partial charge in [0.15, 0.2) is 6.10 Å². The standard InChI is InChI=1S/C19H27NO6/c1-19(2,3)26-15(21)12-11-14(18(23)25-5)20-17(22)16(24-4)13-9-7-6-8-10-13/h6-10,14,16H,11-12H2,1-5H3,(H,20,22)/t14-,16+/m0/s1. The van der Waals surface area contributed by atoms with Crippen molar-refractivity contribution < 1.29 is 28.6 Å². The minimum absolute atomic E-state index is 0.0275. The Labute approximate surface area is 154 Å². The number of hydrogen-bond acceptors (Lipinski definition) is 6. The lowest BCUT2D eigenvalue weighted by Crippen LogP contribution is -2.44. The van der Waals surface area contributed by atoms with Gasteiger partial charge < -0.3 is 19.5 Å². The monoisotopic (exact) mass is 365 g/mol. The van der Waals surface area contributed by atoms with E-state index in [0.717, 1.165) is 0 Å². The average molecular weight is 365 g/mol. The second kappa shape index (κ2) is 9.91. The Kier molecular flexibility index (Phi) is 8.25. The molecule has 0 bridgehead atoms. The molecular weight excluding hydrogens is 338 g/mol. The maximum Gasteiger partial charge on any atom is 0.328 e. The van der Waals surface area contributed by atoms with E-state index in [-0.39, 0.29) is 12.8 Å². The van der Waals surface area contributed by atoms with Crippen LogP contribution in [-0.2, 0) is 28.6 Å². The third-order valence-electron chi connectivity index (χ3n) is 3.44. The molecule has 0 aromatic heterocycles. The SMILES string of the molecule is COC(=O)[C@H](CCC(=O)OC(C)(C)C)NC(=O)[C@H](OC)c1ccccc1. The fraction of sp³-hybridized carbons (Fsp3) is 0.526. The van der Waals surface area contributed by atoms with Crippen molar-refractivity contribution in [2.45, 2.75) is 51.4 Å². The third-order valence-corrected chi connectivity index (χ3v) is 3.44. The van der Waals surface area contributed by atoms with Crippen LogP contribution in [0.15, 0.2) is 30.3 Å². The minimum Gasteiger partial charge on any atom is -0.467 e. The lowest BCUT2D eigenvalue weighted by Gasteiger charge is -2.22. The number of ether oxygens (including phenoxy) is 3. The number of esters is 2. The molecule has 7 nitrogen and oxygen atoms in total. The van der Waals surface area contributed by atoms with E-state index in [4.69, 9.17) is 14.2 Å². The lowest BCUT2D eigenvalue weighted by molar-refractivity contribution is -0.155. The van der Waals surface area contributed by atoms with Crippen LogP contribution in [-0.4, -0.2) is 43.7 Å². The first-order chi connectivity index (χ1) is 12.2. The van der Waals surface area contributed by atoms with Crippen molar-refractivity contribution in [2.24, 2.45) is 0 Å². The van der Waals surface area contributed by atoms with E-state index in [0.29, 0.717) is 5.56 Å². The van der Waals surface area contributed by atoms with Gasteiger partial charge in [-0.1, -0.05) is 30.3 Å². The normalized spacial score (nSPS) is 13.4. The minimum atomic E-state index is -0.971. The van der Waals surface area contributed by atoms with Gasteiger partial charge in [-0.05, 0) is 32.8 Å². The maximum atomic E-state index is 12.5. The first-order valence-corrected chi connectivity index (χ1v) is 8.35. The summed E-state index contributed by atoms with van der Waals surface area (Å²) >= 11 is 0. The highest BCUT2D eigenvalue weighted by Crippen LogP contribution is 2.17. The van der Waals surface area contributed by atoms with Gasteiger partial charge in [0.05, 0.1) is 7.11 Å². The van der Waals surface area contributed by atoms with Crippen LogP contribution in [0.1, 0.15) is 45.3 Å². The first-order valence-electron chi connectivity index (χ1n) is 8.35. The predicted octanol–water partition coefficient (Wildman–Crippen LogP) is 2.15. The highest BCUT2D eigenvalue weighted by molar-refractivity contribution is 5.88. The van der Waals surface area contributed by atoms with Crippen LogP contribution >= 0.6 is 0 Å². The number of nitrogens with one attached hydrogen (secondary N) is 1. The summed E-state index contributed by atoms with van der Waals surface area (Å²) < 4.78 is 15.2. The van der Waals surface area contributed by atoms with Crippen LogP contribution in [0.2, 0.25) is 0 Å². The zero-order valence-electron chi connectivity index (χ0n) is 15.9. The molecule has 7 heteroatoms. The van der Waals surface area contributed by atoms with Crippen molar-refractivity contribution in [3.63, 3.8) is 0 Å². The van der Waals surface area contributed by atoms with Crippen LogP contribution in [0.4, 0.5) is 0 Å². The molecule has 1 rings (SSSR count). The summed E-state index contributed by atoms with van der Waals surface area (Å²) in [6.07, 6.45) is -0.830. The highest BCUT2D eigenvalue weighted by atomic mass is 16.6. The van der Waals surface area contributed by atoms with Crippen molar-refractivity contribution in [1.29, 1.82) is 0 Å². The summed E-state index contributed by atoms with van der Waals surface area (Å²) in [5, 5.41) is 2.59. The van der Waals surface area contributed by atoms with Crippen molar-refractivity contribution in [2.75, 3.05) is 14.2 Å². The molecule has 0 saturated carbocycles. The van der Waals surface area contributed by atoms with Gasteiger partial charge >= 0.3 is 11.9 Å². The fourth-order valence-corrected chi connectivity index (χ4v) is 2.32. The largest absolute Gasteiger partial charge is 0.467 e. The summed E-state index contributed by atoms with van der Waals surface area (Å²) in [6.45, 7) is 5.27. The number of hydrogen-bond donors (Lipinski definition) is 1. The van der Waals surface area contributed by atoms with E-state index in [1.54, 1.807) is 45.0 Å². The van der Waals surface area contributed by atoms with Gasteiger partial charge in [0.1, 0.15) is 11.6 Å². The van der Waals surface area contributed by atoms with Crippen molar-refractivity contribution >= 4 is 17.8 Å². The molecule has 144 valence electrons. The molecule has 1 aromatic rings. The Balaban J connectivity index is 2.76. The van der Waals surface area contributed by atoms with E-state index in [1.807, 2.05) is 6.07 Å². The Morgan fingerprint density at radius 2 is 1.69 bits per heavy atom. The van der Waals surface area contributed by atoms with Crippen LogP contribution in [0, 0.1) is 0 Å². The Morgan fingerprint density at radius 3 is 2.19 bits per heavy atom. The van der Waals surface area contributed by atoms with Gasteiger partial charge in [-0.25, -0.2) is 4.79 Å². The first kappa shape index (κ1) is 21.6. The van der Waals surface area contributed by atoms with E-state index >= 15 is 0 Å². The summed E-state index contributed by atoms with van der Waals surface area (Å²) in [4.78, 5) is 36.3. The molecule has 0 radical (unpaired) electrons. The van der Waals surface area contributed by atoms with Gasteiger partial charge in [0.2, 0.25) is 0 Å². The number of methoxy groups -OCH3 is 2. The number of rotatable bonds is 8. The van der Waals surface area contributed by atoms with Gasteiger partial charge in [0, 0.05) is 13.5 Å². The van der Waals surface area contributed by atoms with Crippen LogP contribution < -0.4 is 5.32 Å². The number of carbonyl (C=O) groups is 3. The summed E-state index contributed by atoms with van der Waals surface area (Å²) in [6, 6.07) is 7.93. The summed E-state index contributed by atoms with van der Waals surface area (Å²) in [5.41, 5.74) is 0.0403. The summed E-state index contributed by atoms with van der Waals surface area (Å²) in [5.74, 6) is -1.57. The smallest absolute Gasteiger partial charge is 0.328 e. The fourth-order valence-electron chi connectivity index (χ4n) is 2.32. The van der Waals surface area contributed by atoms with Gasteiger partial charge in [-0.3, -0.25) is 9.59 Å². The zero-order chi connectivity index (χ0) is 19.7. The highest BCUT2D eigenvalue weighted by Gasteiger charge is 2.28. The molecule has 0 aliphatic rings. The van der Waals surface area contributed by atoms with E-state index in [9.17, 15) is 14.4 Å². The Bertz CT molecular complexity index is 608. The molecule has 0 aliphatic carbocycles. The van der Waals surface area contributed by atoms with Gasteiger partial charge in [-0.2, -0.15) is 0 Å². The molecule has 0 fully saturated rings. The van der Waals surface area contributed by atoms with Crippen molar-refractivity contribution in [3.05, 3.63) is 35.9 Å². The molecule has 2 atom stereocenters. The van der Waals surface area contributed by atoms with Gasteiger partial charge in [0.25, 0.3) is 5.91 Å². The van der Waals surface area contributed by atoms with Crippen LogP contribution in [0.25, 0.3) is 0 Å². The van der Waals surface area contributed by atoms with E-state index < -0.39 is 35.6 Å². The molecule has 1 amide bonds. The van der Waals surface area contributed by atoms with Crippen LogP contribution in [0.3, 0.4) is 0 Å². The van der Waals surface area contributed by atoms with Crippen molar-refractivity contribution in [1.82, 2.24) is 5.32 Å². The quantitative estimate of drug-likeness (QED) is 0.710. The topological polar surface area (TPSA) is 90.9 Å². The second-order valence-corrected chi connectivity index (χ2v) is 6.74. The van der Waals surface area contributed by atoms with Crippen LogP contribution in [0.5, 0.6) is 0 Å². The molecule has 1 N–H and O–H groups in total. The predicted molar refractivity (Wildman–Crippen MR) is 95.2 cm³/mol. The molecule has 0 saturated heterocycles. The van der Waals surface area contributed by atoms with Crippen molar-refractivity contribution in [3.8, 4) is 0 Å². The molecular formula is C19H27NO6. The second-order valence-electron chi connectivity index (χ2n) is 6.74. The molecule has 1 aromatic carbocycles.